The zero-order valence-corrected chi connectivity index (χ0v) is 16.7. The van der Waals surface area contributed by atoms with Crippen LogP contribution in [0.3, 0.4) is 0 Å². The lowest BCUT2D eigenvalue weighted by Crippen LogP contribution is -2.50. The molecule has 0 aromatic heterocycles. The van der Waals surface area contributed by atoms with E-state index in [0.717, 1.165) is 11.8 Å². The molecular weight excluding hydrogens is 380 g/mol. The Labute approximate surface area is 164 Å². The van der Waals surface area contributed by atoms with Crippen molar-refractivity contribution in [2.24, 2.45) is 0 Å². The topological polar surface area (TPSA) is 92.8 Å². The van der Waals surface area contributed by atoms with Crippen LogP contribution in [0.15, 0.2) is 53.4 Å². The number of hydrogen-bond acceptors (Lipinski definition) is 5. The van der Waals surface area contributed by atoms with Crippen molar-refractivity contribution in [3.05, 3.63) is 54.1 Å². The molecule has 1 N–H and O–H groups in total. The van der Waals surface area contributed by atoms with Gasteiger partial charge in [-0.05, 0) is 36.8 Å². The quantitative estimate of drug-likeness (QED) is 0.845. The van der Waals surface area contributed by atoms with Crippen molar-refractivity contribution in [2.45, 2.75) is 30.9 Å². The Balaban J connectivity index is 1.73. The summed E-state index contributed by atoms with van der Waals surface area (Å²) in [5.41, 5.74) is 1.41. The van der Waals surface area contributed by atoms with Crippen molar-refractivity contribution in [3.8, 4) is 5.75 Å². The van der Waals surface area contributed by atoms with Gasteiger partial charge in [-0.1, -0.05) is 24.3 Å². The maximum Gasteiger partial charge on any atom is 0.263 e. The number of carbonyl (C=O) groups is 2. The predicted octanol–water partition coefficient (Wildman–Crippen LogP) is 2.08. The summed E-state index contributed by atoms with van der Waals surface area (Å²) in [4.78, 5) is 26.4. The highest BCUT2D eigenvalue weighted by Crippen LogP contribution is 2.33. The van der Waals surface area contributed by atoms with Crippen molar-refractivity contribution in [1.29, 1.82) is 0 Å². The molecule has 2 aromatic carbocycles. The maximum atomic E-state index is 12.7. The van der Waals surface area contributed by atoms with E-state index in [1.54, 1.807) is 43.3 Å². The molecule has 1 heterocycles. The first kappa shape index (κ1) is 19.9. The van der Waals surface area contributed by atoms with Gasteiger partial charge >= 0.3 is 0 Å². The molecule has 0 unspecified atom stereocenters. The molecule has 0 spiro atoms. The van der Waals surface area contributed by atoms with Crippen molar-refractivity contribution >= 4 is 27.3 Å². The predicted molar refractivity (Wildman–Crippen MR) is 105 cm³/mol. The van der Waals surface area contributed by atoms with Gasteiger partial charge in [0.15, 0.2) is 15.9 Å². The minimum Gasteiger partial charge on any atom is -0.477 e. The Bertz CT molecular complexity index is 1000. The van der Waals surface area contributed by atoms with Crippen LogP contribution in [0.4, 0.5) is 5.69 Å². The Kier molecular flexibility index (Phi) is 5.42. The number of nitrogens with one attached hydrogen (secondary N) is 1. The monoisotopic (exact) mass is 402 g/mol. The molecule has 0 saturated carbocycles. The second-order valence-corrected chi connectivity index (χ2v) is 8.79. The van der Waals surface area contributed by atoms with Gasteiger partial charge < -0.3 is 15.0 Å². The summed E-state index contributed by atoms with van der Waals surface area (Å²) >= 11 is 0. The third-order valence-corrected chi connectivity index (χ3v) is 5.74. The molecular formula is C20H22N2O5S. The fraction of sp³-hybridized carbons (Fsp3) is 0.300. The third kappa shape index (κ3) is 4.17. The zero-order valence-electron chi connectivity index (χ0n) is 15.9. The highest BCUT2D eigenvalue weighted by atomic mass is 32.2. The van der Waals surface area contributed by atoms with E-state index in [9.17, 15) is 18.0 Å². The van der Waals surface area contributed by atoms with Crippen LogP contribution in [0.25, 0.3) is 0 Å². The largest absolute Gasteiger partial charge is 0.477 e. The van der Waals surface area contributed by atoms with Crippen molar-refractivity contribution < 1.29 is 22.7 Å². The van der Waals surface area contributed by atoms with Crippen LogP contribution in [0.1, 0.15) is 25.5 Å². The molecule has 0 bridgehead atoms. The number of benzene rings is 2. The summed E-state index contributed by atoms with van der Waals surface area (Å²) in [5, 5.41) is 2.86. The van der Waals surface area contributed by atoms with Crippen molar-refractivity contribution in [1.82, 2.24) is 5.32 Å². The van der Waals surface area contributed by atoms with Crippen LogP contribution in [0.2, 0.25) is 0 Å². The van der Waals surface area contributed by atoms with Gasteiger partial charge in [0, 0.05) is 13.2 Å². The molecule has 0 radical (unpaired) electrons. The number of fused-ring (bicyclic) bond motifs is 1. The number of para-hydroxylation sites is 2. The summed E-state index contributed by atoms with van der Waals surface area (Å²) in [6.07, 6.45) is 0.309. The number of amides is 2. The van der Waals surface area contributed by atoms with Crippen LogP contribution in [-0.2, 0) is 19.4 Å². The lowest BCUT2D eigenvalue weighted by molar-refractivity contribution is -0.129. The van der Waals surface area contributed by atoms with Gasteiger partial charge in [-0.2, -0.15) is 0 Å². The van der Waals surface area contributed by atoms with Gasteiger partial charge in [-0.25, -0.2) is 8.42 Å². The first-order valence-corrected chi connectivity index (χ1v) is 10.7. The summed E-state index contributed by atoms with van der Waals surface area (Å²) in [6.45, 7) is 3.37. The van der Waals surface area contributed by atoms with Crippen molar-refractivity contribution in [2.75, 3.05) is 17.7 Å². The number of ether oxygens (including phenoxy) is 1. The number of rotatable bonds is 4. The van der Waals surface area contributed by atoms with E-state index in [-0.39, 0.29) is 29.3 Å². The van der Waals surface area contributed by atoms with E-state index in [0.29, 0.717) is 11.4 Å². The number of hydrogen-bond donors (Lipinski definition) is 1. The smallest absolute Gasteiger partial charge is 0.263 e. The number of carbonyl (C=O) groups excluding carboxylic acids is 2. The fourth-order valence-electron chi connectivity index (χ4n) is 3.06. The summed E-state index contributed by atoms with van der Waals surface area (Å²) in [6, 6.07) is 13.1. The molecule has 7 nitrogen and oxygen atoms in total. The molecule has 8 heteroatoms. The minimum absolute atomic E-state index is 0.123. The lowest BCUT2D eigenvalue weighted by Gasteiger charge is -2.34. The molecule has 148 valence electrons. The van der Waals surface area contributed by atoms with Gasteiger partial charge in [0.05, 0.1) is 23.2 Å². The Morgan fingerprint density at radius 3 is 2.39 bits per heavy atom. The van der Waals surface area contributed by atoms with E-state index in [1.807, 2.05) is 0 Å². The molecule has 0 saturated heterocycles. The Morgan fingerprint density at radius 2 is 1.79 bits per heavy atom. The Hall–Kier alpha value is -2.87. The first-order chi connectivity index (χ1) is 13.2. The molecule has 2 aromatic rings. The molecule has 0 fully saturated rings. The van der Waals surface area contributed by atoms with E-state index >= 15 is 0 Å². The molecule has 2 atom stereocenters. The van der Waals surface area contributed by atoms with Crippen LogP contribution >= 0.6 is 0 Å². The standard InChI is InChI=1S/C20H22N2O5S/c1-13(15-8-10-16(11-9-15)28(3,25)26)21-20(24)19-12-22(14(2)23)17-6-4-5-7-18(17)27-19/h4-11,13,19H,12H2,1-3H3,(H,21,24)/t13-,19-/m1/s1. The summed E-state index contributed by atoms with van der Waals surface area (Å²) < 4.78 is 28.9. The Morgan fingerprint density at radius 1 is 1.14 bits per heavy atom. The van der Waals surface area contributed by atoms with E-state index in [4.69, 9.17) is 4.74 Å². The number of anilines is 1. The number of nitrogens with zero attached hydrogens (tertiary/aromatic N) is 1. The molecule has 28 heavy (non-hydrogen) atoms. The van der Waals surface area contributed by atoms with Gasteiger partial charge in [0.2, 0.25) is 5.91 Å². The van der Waals surface area contributed by atoms with Crippen LogP contribution in [0.5, 0.6) is 5.75 Å². The van der Waals surface area contributed by atoms with Crippen LogP contribution in [-0.4, -0.2) is 39.1 Å². The van der Waals surface area contributed by atoms with Gasteiger partial charge in [-0.15, -0.1) is 0 Å². The van der Waals surface area contributed by atoms with Gasteiger partial charge in [0.1, 0.15) is 5.75 Å². The highest BCUT2D eigenvalue weighted by molar-refractivity contribution is 7.90. The normalized spacial score (nSPS) is 17.2. The molecule has 0 aliphatic carbocycles. The molecule has 3 rings (SSSR count). The fourth-order valence-corrected chi connectivity index (χ4v) is 3.69. The zero-order chi connectivity index (χ0) is 20.5. The average Bonchev–Trinajstić information content (AvgIpc) is 2.66. The van der Waals surface area contributed by atoms with Crippen LogP contribution < -0.4 is 15.0 Å². The highest BCUT2D eigenvalue weighted by Gasteiger charge is 2.33. The summed E-state index contributed by atoms with van der Waals surface area (Å²) in [7, 11) is -3.27. The third-order valence-electron chi connectivity index (χ3n) is 4.61. The number of sulfone groups is 1. The minimum atomic E-state index is -3.27. The van der Waals surface area contributed by atoms with E-state index in [2.05, 4.69) is 5.32 Å². The van der Waals surface area contributed by atoms with Crippen LogP contribution in [0, 0.1) is 0 Å². The maximum absolute atomic E-state index is 12.7. The molecule has 1 aliphatic heterocycles. The average molecular weight is 402 g/mol. The second kappa shape index (κ2) is 7.63. The first-order valence-electron chi connectivity index (χ1n) is 8.81. The van der Waals surface area contributed by atoms with Crippen molar-refractivity contribution in [3.63, 3.8) is 0 Å². The SMILES string of the molecule is CC(=O)N1C[C@H](C(=O)N[C@H](C)c2ccc(S(C)(=O)=O)cc2)Oc2ccccc21. The van der Waals surface area contributed by atoms with E-state index < -0.39 is 15.9 Å². The van der Waals surface area contributed by atoms with E-state index in [1.165, 1.54) is 24.0 Å². The second-order valence-electron chi connectivity index (χ2n) is 6.78. The van der Waals surface area contributed by atoms with Gasteiger partial charge in [0.25, 0.3) is 5.91 Å². The lowest BCUT2D eigenvalue weighted by atomic mass is 10.1. The van der Waals surface area contributed by atoms with Gasteiger partial charge in [-0.3, -0.25) is 9.59 Å². The summed E-state index contributed by atoms with van der Waals surface area (Å²) in [5.74, 6) is -0.0346. The molecule has 2 amide bonds. The molecule has 1 aliphatic rings.